The van der Waals surface area contributed by atoms with Gasteiger partial charge in [-0.2, -0.15) is 0 Å². The van der Waals surface area contributed by atoms with E-state index in [9.17, 15) is 24.7 Å². The summed E-state index contributed by atoms with van der Waals surface area (Å²) in [4.78, 5) is 59.2. The van der Waals surface area contributed by atoms with E-state index in [-0.39, 0.29) is 12.1 Å². The number of likely N-dealkylation sites (tertiary alicyclic amines) is 1. The molecule has 0 aliphatic carbocycles. The molecule has 0 radical (unpaired) electrons. The molecule has 0 bridgehead atoms. The van der Waals surface area contributed by atoms with Crippen LogP contribution in [0.4, 0.5) is 0 Å². The number of allylic oxidation sites excluding steroid dienone is 1. The second kappa shape index (κ2) is 11.3. The van der Waals surface area contributed by atoms with Crippen LogP contribution in [0.3, 0.4) is 0 Å². The van der Waals surface area contributed by atoms with Crippen LogP contribution in [-0.2, 0) is 35.1 Å². The summed E-state index contributed by atoms with van der Waals surface area (Å²) in [5.41, 5.74) is 9.89. The molecule has 3 aromatic carbocycles. The molecule has 212 valence electrons. The van der Waals surface area contributed by atoms with Gasteiger partial charge in [-0.3, -0.25) is 19.3 Å². The first-order valence-corrected chi connectivity index (χ1v) is 13.3. The third kappa shape index (κ3) is 4.57. The Kier molecular flexibility index (Phi) is 7.56. The largest absolute Gasteiger partial charge is 0.547 e. The van der Waals surface area contributed by atoms with Crippen molar-refractivity contribution in [1.29, 1.82) is 0 Å². The number of amides is 2. The molecule has 10 heteroatoms. The Morgan fingerprint density at radius 3 is 1.90 bits per heavy atom. The molecule has 0 aromatic heterocycles. The van der Waals surface area contributed by atoms with Gasteiger partial charge in [-0.05, 0) is 36.1 Å². The fraction of sp³-hybridized carbons (Fsp3) is 0.219. The van der Waals surface area contributed by atoms with E-state index in [4.69, 9.17) is 9.47 Å². The summed E-state index contributed by atoms with van der Waals surface area (Å²) in [6.45, 7) is 4.38. The van der Waals surface area contributed by atoms with E-state index >= 15 is 0 Å². The first-order valence-electron chi connectivity index (χ1n) is 13.3. The van der Waals surface area contributed by atoms with E-state index < -0.39 is 47.5 Å². The van der Waals surface area contributed by atoms with E-state index in [0.717, 1.165) is 16.7 Å². The highest BCUT2D eigenvalue weighted by molar-refractivity contribution is 6.23. The number of carbonyl (C=O) groups excluding carboxylic acids is 4. The lowest BCUT2D eigenvalue weighted by Crippen LogP contribution is -2.80. The maximum absolute atomic E-state index is 14.0. The van der Waals surface area contributed by atoms with Gasteiger partial charge >= 0.3 is 23.4 Å². The molecule has 2 atom stereocenters. The summed E-state index contributed by atoms with van der Waals surface area (Å²) in [6, 6.07) is 26.4. The molecule has 5 rings (SSSR count). The van der Waals surface area contributed by atoms with Crippen LogP contribution < -0.4 is 0 Å². The van der Waals surface area contributed by atoms with Gasteiger partial charge in [0.2, 0.25) is 6.23 Å². The minimum absolute atomic E-state index is 0.145. The number of amidine groups is 1. The van der Waals surface area contributed by atoms with Crippen molar-refractivity contribution >= 4 is 29.6 Å². The zero-order valence-electron chi connectivity index (χ0n) is 23.3. The number of rotatable bonds is 8. The number of carbonyl (C=O) groups is 4. The van der Waals surface area contributed by atoms with Gasteiger partial charge in [0.25, 0.3) is 5.91 Å². The summed E-state index contributed by atoms with van der Waals surface area (Å²) >= 11 is 0. The Morgan fingerprint density at radius 1 is 0.905 bits per heavy atom. The summed E-state index contributed by atoms with van der Waals surface area (Å²) < 4.78 is 11.7. The molecule has 2 amide bonds. The Labute approximate surface area is 242 Å². The number of Topliss-reactive ketones (excluding diaryl/α,β-unsaturated/α-hetero) is 1. The van der Waals surface area contributed by atoms with E-state index in [2.05, 4.69) is 4.79 Å². The Balaban J connectivity index is 1.49. The van der Waals surface area contributed by atoms with E-state index in [1.165, 1.54) is 0 Å². The molecule has 2 aliphatic heterocycles. The highest BCUT2D eigenvalue weighted by atomic mass is 16.6. The van der Waals surface area contributed by atoms with Gasteiger partial charge in [0.15, 0.2) is 11.9 Å². The molecular weight excluding hydrogens is 536 g/mol. The van der Waals surface area contributed by atoms with Crippen LogP contribution in [-0.4, -0.2) is 55.9 Å². The maximum Gasteiger partial charge on any atom is 0.547 e. The first-order chi connectivity index (χ1) is 20.2. The van der Waals surface area contributed by atoms with Gasteiger partial charge < -0.3 is 15.0 Å². The van der Waals surface area contributed by atoms with E-state index in [1.807, 2.05) is 60.7 Å². The smallest absolute Gasteiger partial charge is 0.494 e. The molecule has 2 unspecified atom stereocenters. The summed E-state index contributed by atoms with van der Waals surface area (Å²) in [6.07, 6.45) is -2.44. The molecule has 0 N–H and O–H groups in total. The molecule has 2 heterocycles. The summed E-state index contributed by atoms with van der Waals surface area (Å²) in [5, 5.41) is 0. The number of fused-ring (bicyclic) bond motifs is 1. The molecule has 0 spiro atoms. The van der Waals surface area contributed by atoms with Crippen molar-refractivity contribution in [2.24, 2.45) is 0 Å². The fourth-order valence-corrected chi connectivity index (χ4v) is 5.38. The molecule has 2 saturated heterocycles. The van der Waals surface area contributed by atoms with Crippen molar-refractivity contribution in [2.45, 2.75) is 45.1 Å². The van der Waals surface area contributed by atoms with Gasteiger partial charge in [0, 0.05) is 6.92 Å². The zero-order valence-corrected chi connectivity index (χ0v) is 23.3. The topological polar surface area (TPSA) is 130 Å². The quantitative estimate of drug-likeness (QED) is 0.102. The van der Waals surface area contributed by atoms with Crippen LogP contribution in [0.25, 0.3) is 5.53 Å². The minimum atomic E-state index is -2.15. The zero-order chi connectivity index (χ0) is 30.0. The number of ether oxygens (including phenoxy) is 2. The van der Waals surface area contributed by atoms with Crippen LogP contribution in [0.2, 0.25) is 0 Å². The molecule has 0 saturated carbocycles. The normalized spacial score (nSPS) is 18.9. The second-order valence-electron chi connectivity index (χ2n) is 10.2. The molecule has 42 heavy (non-hydrogen) atoms. The highest BCUT2D eigenvalue weighted by Crippen LogP contribution is 2.47. The van der Waals surface area contributed by atoms with Crippen molar-refractivity contribution in [2.75, 3.05) is 0 Å². The SMILES string of the molecule is CC(=O)C12C(=O)N(C(C(=O)OC(c3ccccc3)c3ccccc3)=C(C)C)C1OC(=[N+]=[N-])N2C(=O)Cc1ccccc1. The van der Waals surface area contributed by atoms with Gasteiger partial charge in [-0.25, -0.2) is 9.59 Å². The first kappa shape index (κ1) is 28.2. The van der Waals surface area contributed by atoms with Crippen LogP contribution in [0.15, 0.2) is 102 Å². The average Bonchev–Trinajstić information content (AvgIpc) is 3.31. The molecule has 10 nitrogen and oxygen atoms in total. The lowest BCUT2D eigenvalue weighted by Gasteiger charge is -2.46. The monoisotopic (exact) mass is 564 g/mol. The Bertz CT molecular complexity index is 1590. The lowest BCUT2D eigenvalue weighted by molar-refractivity contribution is -0.187. The number of esters is 1. The maximum atomic E-state index is 14.0. The third-order valence-electron chi connectivity index (χ3n) is 7.31. The standard InChI is InChI=1S/C32H28N4O6/c1-20(2)26(28(39)41-27(23-15-9-5-10-16-23)24-17-11-6-12-18-24)35-29(40)32(21(3)37)30(35)42-31(34-33)36(32)25(38)19-22-13-7-4-8-14-22/h4-18,27,30H,19H2,1-3H3. The van der Waals surface area contributed by atoms with Crippen molar-refractivity contribution in [3.8, 4) is 0 Å². The number of ketones is 1. The number of nitrogens with zero attached hydrogens (tertiary/aromatic N) is 4. The fourth-order valence-electron chi connectivity index (χ4n) is 5.38. The molecule has 3 aromatic rings. The van der Waals surface area contributed by atoms with Gasteiger partial charge in [-0.1, -0.05) is 91.0 Å². The summed E-state index contributed by atoms with van der Waals surface area (Å²) in [7, 11) is 0. The Hall–Kier alpha value is -5.34. The number of benzene rings is 3. The predicted octanol–water partition coefficient (Wildman–Crippen LogP) is 3.80. The van der Waals surface area contributed by atoms with Crippen molar-refractivity contribution < 1.29 is 33.4 Å². The van der Waals surface area contributed by atoms with Gasteiger partial charge in [0.05, 0.1) is 6.42 Å². The Morgan fingerprint density at radius 2 is 1.43 bits per heavy atom. The van der Waals surface area contributed by atoms with Crippen molar-refractivity contribution in [3.05, 3.63) is 124 Å². The predicted molar refractivity (Wildman–Crippen MR) is 150 cm³/mol. The van der Waals surface area contributed by atoms with E-state index in [1.54, 1.807) is 44.2 Å². The van der Waals surface area contributed by atoms with Crippen LogP contribution in [0, 0.1) is 0 Å². The lowest BCUT2D eigenvalue weighted by atomic mass is 9.80. The number of β-lactam (4-membered cyclic amide) rings is 1. The average molecular weight is 565 g/mol. The van der Waals surface area contributed by atoms with Crippen LogP contribution in [0.5, 0.6) is 0 Å². The number of hydrogen-bond donors (Lipinski definition) is 0. The van der Waals surface area contributed by atoms with Crippen LogP contribution >= 0.6 is 0 Å². The van der Waals surface area contributed by atoms with Crippen molar-refractivity contribution in [1.82, 2.24) is 9.80 Å². The molecule has 2 aliphatic rings. The molecule has 2 fully saturated rings. The van der Waals surface area contributed by atoms with E-state index in [0.29, 0.717) is 22.3 Å². The van der Waals surface area contributed by atoms with Crippen molar-refractivity contribution in [3.63, 3.8) is 0 Å². The van der Waals surface area contributed by atoms with Gasteiger partial charge in [-0.15, -0.1) is 4.90 Å². The third-order valence-corrected chi connectivity index (χ3v) is 7.31. The molecular formula is C32H28N4O6. The minimum Gasteiger partial charge on any atom is -0.494 e. The highest BCUT2D eigenvalue weighted by Gasteiger charge is 2.82. The number of hydrogen-bond acceptors (Lipinski definition) is 6. The second-order valence-corrected chi connectivity index (χ2v) is 10.2. The summed E-state index contributed by atoms with van der Waals surface area (Å²) in [5.74, 6) is -3.10. The van der Waals surface area contributed by atoms with Gasteiger partial charge in [0.1, 0.15) is 5.70 Å². The van der Waals surface area contributed by atoms with Crippen LogP contribution in [0.1, 0.15) is 43.6 Å².